The number of aliphatic hydroxyl groups is 2. The molecule has 0 radical (unpaired) electrons. The van der Waals surface area contributed by atoms with E-state index in [9.17, 15) is 23.4 Å². The highest BCUT2D eigenvalue weighted by molar-refractivity contribution is 7.98. The maximum atomic E-state index is 13.7. The van der Waals surface area contributed by atoms with Crippen LogP contribution in [0, 0.1) is 0 Å². The lowest BCUT2D eigenvalue weighted by Crippen LogP contribution is -2.40. The number of aryl methyl sites for hydroxylation is 1. The van der Waals surface area contributed by atoms with Gasteiger partial charge in [-0.3, -0.25) is 4.68 Å². The summed E-state index contributed by atoms with van der Waals surface area (Å²) in [6.07, 6.45) is -4.82. The van der Waals surface area contributed by atoms with Crippen LogP contribution in [-0.4, -0.2) is 51.4 Å². The molecule has 29 heavy (non-hydrogen) atoms. The molecule has 1 fully saturated rings. The van der Waals surface area contributed by atoms with E-state index in [0.717, 1.165) is 9.58 Å². The first-order valence-electron chi connectivity index (χ1n) is 9.08. The quantitative estimate of drug-likeness (QED) is 0.684. The minimum absolute atomic E-state index is 0.0224. The molecule has 3 atom stereocenters. The van der Waals surface area contributed by atoms with Gasteiger partial charge in [-0.1, -0.05) is 12.1 Å². The zero-order chi connectivity index (χ0) is 21.2. The number of thioether (sulfide) groups is 1. The van der Waals surface area contributed by atoms with Crippen LogP contribution in [-0.2, 0) is 24.4 Å². The van der Waals surface area contributed by atoms with Crippen molar-refractivity contribution >= 4 is 11.8 Å². The molecule has 1 aromatic carbocycles. The van der Waals surface area contributed by atoms with E-state index in [1.165, 1.54) is 7.05 Å². The van der Waals surface area contributed by atoms with E-state index in [0.29, 0.717) is 5.56 Å². The van der Waals surface area contributed by atoms with Crippen molar-refractivity contribution in [2.75, 3.05) is 12.9 Å². The van der Waals surface area contributed by atoms with Crippen molar-refractivity contribution in [1.82, 2.24) is 9.78 Å². The van der Waals surface area contributed by atoms with Crippen molar-refractivity contribution in [1.29, 1.82) is 0 Å². The maximum absolute atomic E-state index is 13.7. The summed E-state index contributed by atoms with van der Waals surface area (Å²) in [4.78, 5) is 1.01. The SMILES string of the molecule is CSc1ccc(Cc2c(O[C@H]3C[C@@H](O)C[C@@H](CO)O3)nn(C)c2C(F)(F)F)cc1. The van der Waals surface area contributed by atoms with Crippen LogP contribution >= 0.6 is 11.8 Å². The number of aliphatic hydroxyl groups excluding tert-OH is 2. The molecule has 0 aliphatic carbocycles. The van der Waals surface area contributed by atoms with E-state index < -0.39 is 30.4 Å². The number of benzene rings is 1. The van der Waals surface area contributed by atoms with E-state index in [-0.39, 0.29) is 37.3 Å². The number of alkyl halides is 3. The van der Waals surface area contributed by atoms with Crippen LogP contribution in [0.1, 0.15) is 29.7 Å². The van der Waals surface area contributed by atoms with Gasteiger partial charge in [0.15, 0.2) is 0 Å². The van der Waals surface area contributed by atoms with Gasteiger partial charge in [0, 0.05) is 31.2 Å². The van der Waals surface area contributed by atoms with E-state index in [4.69, 9.17) is 9.47 Å². The van der Waals surface area contributed by atoms with Gasteiger partial charge in [-0.2, -0.15) is 13.2 Å². The first-order chi connectivity index (χ1) is 13.7. The number of rotatable bonds is 6. The highest BCUT2D eigenvalue weighted by Gasteiger charge is 2.40. The standard InChI is InChI=1S/C19H23F3N2O4S/c1-24-17(19(20,21)22)15(7-11-3-5-14(29-2)6-4-11)18(23-24)28-16-9-12(26)8-13(10-25)27-16/h3-6,12-13,16,25-26H,7-10H2,1-2H3/t12-,13-,16-/m0/s1. The molecule has 3 rings (SSSR count). The highest BCUT2D eigenvalue weighted by Crippen LogP contribution is 2.38. The second kappa shape index (κ2) is 8.95. The van der Waals surface area contributed by atoms with Crippen LogP contribution in [0.25, 0.3) is 0 Å². The molecule has 0 unspecified atom stereocenters. The molecule has 6 nitrogen and oxygen atoms in total. The number of halogens is 3. The summed E-state index contributed by atoms with van der Waals surface area (Å²) >= 11 is 1.54. The third-order valence-corrected chi connectivity index (χ3v) is 5.45. The van der Waals surface area contributed by atoms with Crippen molar-refractivity contribution in [3.8, 4) is 5.88 Å². The van der Waals surface area contributed by atoms with Gasteiger partial charge in [0.25, 0.3) is 0 Å². The second-order valence-electron chi connectivity index (χ2n) is 6.89. The summed E-state index contributed by atoms with van der Waals surface area (Å²) in [7, 11) is 1.21. The van der Waals surface area contributed by atoms with Crippen LogP contribution in [0.2, 0.25) is 0 Å². The molecule has 160 valence electrons. The van der Waals surface area contributed by atoms with Crippen LogP contribution < -0.4 is 4.74 Å². The Balaban J connectivity index is 1.91. The predicted molar refractivity (Wildman–Crippen MR) is 101 cm³/mol. The minimum atomic E-state index is -4.61. The average molecular weight is 432 g/mol. The summed E-state index contributed by atoms with van der Waals surface area (Å²) < 4.78 is 52.9. The minimum Gasteiger partial charge on any atom is -0.446 e. The lowest BCUT2D eigenvalue weighted by molar-refractivity contribution is -0.186. The van der Waals surface area contributed by atoms with Gasteiger partial charge in [0.1, 0.15) is 5.69 Å². The highest BCUT2D eigenvalue weighted by atomic mass is 32.2. The van der Waals surface area contributed by atoms with Gasteiger partial charge in [0.05, 0.1) is 24.4 Å². The molecule has 0 amide bonds. The molecule has 1 aliphatic heterocycles. The lowest BCUT2D eigenvalue weighted by Gasteiger charge is -2.31. The van der Waals surface area contributed by atoms with Crippen molar-refractivity contribution < 1.29 is 32.9 Å². The zero-order valence-corrected chi connectivity index (χ0v) is 16.8. The zero-order valence-electron chi connectivity index (χ0n) is 16.0. The first kappa shape index (κ1) is 21.9. The third-order valence-electron chi connectivity index (χ3n) is 4.71. The fourth-order valence-electron chi connectivity index (χ4n) is 3.36. The molecular weight excluding hydrogens is 409 g/mol. The predicted octanol–water partition coefficient (Wildman–Crippen LogP) is 2.99. The maximum Gasteiger partial charge on any atom is 0.433 e. The fourth-order valence-corrected chi connectivity index (χ4v) is 3.77. The Bertz CT molecular complexity index is 826. The normalized spacial score (nSPS) is 22.7. The number of hydrogen-bond donors (Lipinski definition) is 2. The van der Waals surface area contributed by atoms with Crippen molar-refractivity contribution in [3.05, 3.63) is 41.1 Å². The Morgan fingerprint density at radius 2 is 1.97 bits per heavy atom. The molecule has 0 spiro atoms. The van der Waals surface area contributed by atoms with E-state index in [2.05, 4.69) is 5.10 Å². The number of hydrogen-bond acceptors (Lipinski definition) is 6. The summed E-state index contributed by atoms with van der Waals surface area (Å²) in [6, 6.07) is 7.23. The van der Waals surface area contributed by atoms with Gasteiger partial charge in [-0.15, -0.1) is 16.9 Å². The molecular formula is C19H23F3N2O4S. The van der Waals surface area contributed by atoms with Crippen LogP contribution in [0.4, 0.5) is 13.2 Å². The number of ether oxygens (including phenoxy) is 2. The van der Waals surface area contributed by atoms with Gasteiger partial charge < -0.3 is 19.7 Å². The van der Waals surface area contributed by atoms with Crippen molar-refractivity contribution in [2.24, 2.45) is 7.05 Å². The largest absolute Gasteiger partial charge is 0.446 e. The summed E-state index contributed by atoms with van der Waals surface area (Å²) in [5, 5.41) is 23.1. The number of aromatic nitrogens is 2. The smallest absolute Gasteiger partial charge is 0.433 e. The average Bonchev–Trinajstić information content (AvgIpc) is 2.96. The monoisotopic (exact) mass is 432 g/mol. The van der Waals surface area contributed by atoms with E-state index >= 15 is 0 Å². The molecule has 2 heterocycles. The van der Waals surface area contributed by atoms with Crippen LogP contribution in [0.15, 0.2) is 29.2 Å². The summed E-state index contributed by atoms with van der Waals surface area (Å²) in [5.74, 6) is -0.190. The topological polar surface area (TPSA) is 76.7 Å². The fraction of sp³-hybridized carbons (Fsp3) is 0.526. The number of nitrogens with zero attached hydrogens (tertiary/aromatic N) is 2. The van der Waals surface area contributed by atoms with Crippen molar-refractivity contribution in [3.63, 3.8) is 0 Å². The molecule has 0 saturated carbocycles. The molecule has 1 aliphatic rings. The van der Waals surface area contributed by atoms with E-state index in [1.54, 1.807) is 23.9 Å². The summed E-state index contributed by atoms with van der Waals surface area (Å²) in [5.41, 5.74) is -0.304. The Labute approximate surface area is 170 Å². The first-order valence-corrected chi connectivity index (χ1v) is 10.3. The molecule has 10 heteroatoms. The molecule has 1 aromatic heterocycles. The molecule has 1 saturated heterocycles. The van der Waals surface area contributed by atoms with Crippen LogP contribution in [0.3, 0.4) is 0 Å². The lowest BCUT2D eigenvalue weighted by atomic mass is 10.0. The van der Waals surface area contributed by atoms with Gasteiger partial charge >= 0.3 is 6.18 Å². The Morgan fingerprint density at radius 3 is 2.55 bits per heavy atom. The van der Waals surface area contributed by atoms with Gasteiger partial charge in [0.2, 0.25) is 12.2 Å². The Kier molecular flexibility index (Phi) is 6.77. The van der Waals surface area contributed by atoms with Gasteiger partial charge in [-0.05, 0) is 24.0 Å². The van der Waals surface area contributed by atoms with Crippen molar-refractivity contribution in [2.45, 2.75) is 48.8 Å². The van der Waals surface area contributed by atoms with Gasteiger partial charge in [-0.25, -0.2) is 0 Å². The second-order valence-corrected chi connectivity index (χ2v) is 7.77. The molecule has 0 bridgehead atoms. The molecule has 2 aromatic rings. The summed E-state index contributed by atoms with van der Waals surface area (Å²) in [6.45, 7) is -0.318. The Hall–Kier alpha value is -1.75. The third kappa shape index (κ3) is 5.25. The molecule has 2 N–H and O–H groups in total. The van der Waals surface area contributed by atoms with E-state index in [1.807, 2.05) is 18.4 Å². The van der Waals surface area contributed by atoms with Crippen LogP contribution in [0.5, 0.6) is 5.88 Å². The Morgan fingerprint density at radius 1 is 1.28 bits per heavy atom.